The highest BCUT2D eigenvalue weighted by molar-refractivity contribution is 5.93. The maximum Gasteiger partial charge on any atom is 0.471 e. The molecule has 9 heteroatoms. The van der Waals surface area contributed by atoms with Crippen molar-refractivity contribution in [2.24, 2.45) is 22.7 Å². The molecule has 2 amide bonds. The third-order valence-electron chi connectivity index (χ3n) is 5.39. The summed E-state index contributed by atoms with van der Waals surface area (Å²) in [6.07, 6.45) is -5.12. The number of rotatable bonds is 3. The van der Waals surface area contributed by atoms with Gasteiger partial charge in [0.15, 0.2) is 0 Å². The van der Waals surface area contributed by atoms with Crippen LogP contribution < -0.4 is 5.32 Å². The monoisotopic (exact) mass is 364 g/mol. The van der Waals surface area contributed by atoms with Crippen molar-refractivity contribution in [3.8, 4) is 0 Å². The Morgan fingerprint density at radius 1 is 1.20 bits per heavy atom. The van der Waals surface area contributed by atoms with Crippen molar-refractivity contribution >= 4 is 17.8 Å². The zero-order chi connectivity index (χ0) is 19.5. The van der Waals surface area contributed by atoms with Gasteiger partial charge >= 0.3 is 18.1 Å². The summed E-state index contributed by atoms with van der Waals surface area (Å²) in [6, 6.07) is -2.55. The molecule has 4 atom stereocenters. The number of halogens is 3. The molecule has 0 unspecified atom stereocenters. The maximum atomic E-state index is 12.8. The van der Waals surface area contributed by atoms with Gasteiger partial charge in [-0.25, -0.2) is 4.79 Å². The van der Waals surface area contributed by atoms with Crippen LogP contribution in [0.1, 0.15) is 34.6 Å². The molecule has 0 aromatic carbocycles. The van der Waals surface area contributed by atoms with Gasteiger partial charge in [-0.05, 0) is 16.7 Å². The summed E-state index contributed by atoms with van der Waals surface area (Å²) < 4.78 is 37.7. The van der Waals surface area contributed by atoms with E-state index in [9.17, 15) is 32.7 Å². The lowest BCUT2D eigenvalue weighted by Crippen LogP contribution is -2.59. The Balaban J connectivity index is 2.26. The van der Waals surface area contributed by atoms with Crippen molar-refractivity contribution in [3.63, 3.8) is 0 Å². The van der Waals surface area contributed by atoms with E-state index in [1.54, 1.807) is 5.32 Å². The number of carbonyl (C=O) groups excluding carboxylic acids is 2. The molecule has 25 heavy (non-hydrogen) atoms. The Morgan fingerprint density at radius 2 is 1.72 bits per heavy atom. The first kappa shape index (κ1) is 19.5. The number of aliphatic carboxylic acids is 1. The molecule has 2 N–H and O–H groups in total. The van der Waals surface area contributed by atoms with E-state index >= 15 is 0 Å². The Bertz CT molecular complexity index is 609. The molecule has 0 aromatic heterocycles. The van der Waals surface area contributed by atoms with E-state index in [1.165, 1.54) is 20.8 Å². The molecule has 0 bridgehead atoms. The van der Waals surface area contributed by atoms with Gasteiger partial charge in [0.2, 0.25) is 5.91 Å². The first-order chi connectivity index (χ1) is 11.1. The molecule has 0 spiro atoms. The highest BCUT2D eigenvalue weighted by atomic mass is 19.4. The van der Waals surface area contributed by atoms with Gasteiger partial charge in [0.25, 0.3) is 0 Å². The van der Waals surface area contributed by atoms with Crippen LogP contribution in [0.2, 0.25) is 0 Å². The van der Waals surface area contributed by atoms with E-state index < -0.39 is 41.5 Å². The molecule has 2 fully saturated rings. The van der Waals surface area contributed by atoms with Crippen LogP contribution in [0.4, 0.5) is 13.2 Å². The number of nitrogens with zero attached hydrogens (tertiary/aromatic N) is 1. The van der Waals surface area contributed by atoms with Gasteiger partial charge in [0, 0.05) is 12.5 Å². The Morgan fingerprint density at radius 3 is 2.12 bits per heavy atom. The maximum absolute atomic E-state index is 12.8. The molecule has 1 aliphatic carbocycles. The minimum absolute atomic E-state index is 0.00325. The number of likely N-dealkylation sites (tertiary alicyclic amines) is 1. The van der Waals surface area contributed by atoms with Crippen LogP contribution in [0.3, 0.4) is 0 Å². The molecule has 0 radical (unpaired) electrons. The van der Waals surface area contributed by atoms with E-state index in [4.69, 9.17) is 0 Å². The SMILES string of the molecule is CC(C)(C)[C@H](NC(=O)C(F)(F)F)C(=O)N1C[C@H]2[C@@H]([C@@H]1C(=O)O)C2(C)C. The molecule has 1 saturated carbocycles. The van der Waals surface area contributed by atoms with E-state index in [2.05, 4.69) is 0 Å². The summed E-state index contributed by atoms with van der Waals surface area (Å²) in [4.78, 5) is 36.9. The molecule has 1 heterocycles. The van der Waals surface area contributed by atoms with Crippen LogP contribution in [-0.2, 0) is 14.4 Å². The number of amides is 2. The number of carboxylic acids is 1. The molecule has 1 saturated heterocycles. The number of alkyl halides is 3. The van der Waals surface area contributed by atoms with Gasteiger partial charge in [-0.1, -0.05) is 34.6 Å². The highest BCUT2D eigenvalue weighted by Crippen LogP contribution is 2.65. The molecule has 6 nitrogen and oxygen atoms in total. The second-order valence-corrected chi connectivity index (χ2v) is 8.50. The van der Waals surface area contributed by atoms with Crippen LogP contribution in [0.25, 0.3) is 0 Å². The number of fused-ring (bicyclic) bond motifs is 1. The Hall–Kier alpha value is -1.80. The van der Waals surface area contributed by atoms with Crippen LogP contribution in [0, 0.1) is 22.7 Å². The number of carbonyl (C=O) groups is 3. The summed E-state index contributed by atoms with van der Waals surface area (Å²) in [7, 11) is 0. The number of hydrogen-bond acceptors (Lipinski definition) is 3. The summed E-state index contributed by atoms with van der Waals surface area (Å²) in [5, 5.41) is 11.2. The van der Waals surface area contributed by atoms with E-state index in [0.717, 1.165) is 4.90 Å². The fourth-order valence-corrected chi connectivity index (χ4v) is 3.82. The van der Waals surface area contributed by atoms with Gasteiger partial charge in [0.05, 0.1) is 0 Å². The smallest absolute Gasteiger partial charge is 0.471 e. The summed E-state index contributed by atoms with van der Waals surface area (Å²) >= 11 is 0. The average molecular weight is 364 g/mol. The Kier molecular flexibility index (Phi) is 4.38. The lowest BCUT2D eigenvalue weighted by molar-refractivity contribution is -0.176. The average Bonchev–Trinajstić information content (AvgIpc) is 2.82. The quantitative estimate of drug-likeness (QED) is 0.797. The van der Waals surface area contributed by atoms with Crippen molar-refractivity contribution in [2.75, 3.05) is 6.54 Å². The van der Waals surface area contributed by atoms with Crippen molar-refractivity contribution in [1.82, 2.24) is 10.2 Å². The largest absolute Gasteiger partial charge is 0.480 e. The second kappa shape index (κ2) is 5.60. The predicted octanol–water partition coefficient (Wildman–Crippen LogP) is 1.65. The van der Waals surface area contributed by atoms with Gasteiger partial charge in [-0.2, -0.15) is 13.2 Å². The minimum Gasteiger partial charge on any atom is -0.480 e. The lowest BCUT2D eigenvalue weighted by atomic mass is 9.85. The summed E-state index contributed by atoms with van der Waals surface area (Å²) in [5.41, 5.74) is -1.23. The fourth-order valence-electron chi connectivity index (χ4n) is 3.82. The lowest BCUT2D eigenvalue weighted by Gasteiger charge is -2.36. The molecular formula is C16H23F3N2O4. The van der Waals surface area contributed by atoms with Crippen LogP contribution >= 0.6 is 0 Å². The molecule has 142 valence electrons. The first-order valence-electron chi connectivity index (χ1n) is 8.01. The van der Waals surface area contributed by atoms with Crippen LogP contribution in [0.5, 0.6) is 0 Å². The van der Waals surface area contributed by atoms with Crippen molar-refractivity contribution in [3.05, 3.63) is 0 Å². The van der Waals surface area contributed by atoms with Crippen molar-refractivity contribution < 1.29 is 32.7 Å². The van der Waals surface area contributed by atoms with Gasteiger partial charge in [-0.15, -0.1) is 0 Å². The van der Waals surface area contributed by atoms with Crippen molar-refractivity contribution in [2.45, 2.75) is 52.9 Å². The first-order valence-corrected chi connectivity index (χ1v) is 8.01. The highest BCUT2D eigenvalue weighted by Gasteiger charge is 2.70. The number of nitrogens with one attached hydrogen (secondary N) is 1. The van der Waals surface area contributed by atoms with E-state index in [-0.39, 0.29) is 23.8 Å². The summed E-state index contributed by atoms with van der Waals surface area (Å²) in [6.45, 7) is 8.54. The zero-order valence-electron chi connectivity index (χ0n) is 14.8. The zero-order valence-corrected chi connectivity index (χ0v) is 14.8. The summed E-state index contributed by atoms with van der Waals surface area (Å²) in [5.74, 6) is -4.41. The van der Waals surface area contributed by atoms with Crippen LogP contribution in [-0.4, -0.2) is 52.6 Å². The van der Waals surface area contributed by atoms with E-state index in [1.807, 2.05) is 13.8 Å². The predicted molar refractivity (Wildman–Crippen MR) is 81.3 cm³/mol. The molecule has 0 aromatic rings. The van der Waals surface area contributed by atoms with Gasteiger partial charge in [0.1, 0.15) is 12.1 Å². The van der Waals surface area contributed by atoms with E-state index in [0.29, 0.717) is 0 Å². The van der Waals surface area contributed by atoms with Crippen molar-refractivity contribution in [1.29, 1.82) is 0 Å². The molecule has 2 aliphatic rings. The van der Waals surface area contributed by atoms with Gasteiger partial charge in [-0.3, -0.25) is 9.59 Å². The molecule has 1 aliphatic heterocycles. The van der Waals surface area contributed by atoms with Gasteiger partial charge < -0.3 is 15.3 Å². The fraction of sp³-hybridized carbons (Fsp3) is 0.812. The third kappa shape index (κ3) is 3.32. The number of hydrogen-bond donors (Lipinski definition) is 2. The molecule has 2 rings (SSSR count). The minimum atomic E-state index is -5.12. The third-order valence-corrected chi connectivity index (χ3v) is 5.39. The standard InChI is InChI=1S/C16H23F3N2O4/c1-14(2,3)10(20-13(25)16(17,18)19)11(22)21-6-7-8(15(7,4)5)9(21)12(23)24/h7-10H,6H2,1-5H3,(H,20,25)(H,23,24)/t7-,8-,9+,10+/m0/s1. The van der Waals surface area contributed by atoms with Crippen LogP contribution in [0.15, 0.2) is 0 Å². The second-order valence-electron chi connectivity index (χ2n) is 8.50. The Labute approximate surface area is 143 Å². The number of piperidine rings is 1. The normalized spacial score (nSPS) is 29.0. The molecular weight excluding hydrogens is 341 g/mol. The topological polar surface area (TPSA) is 86.7 Å². The number of carboxylic acid groups (broad SMARTS) is 1.